The lowest BCUT2D eigenvalue weighted by atomic mass is 10.0. The molecule has 0 saturated carbocycles. The minimum Gasteiger partial charge on any atom is -0.494 e. The smallest absolute Gasteiger partial charge is 0.418 e. The van der Waals surface area contributed by atoms with Crippen LogP contribution in [0.4, 0.5) is 73.6 Å². The SMILES string of the molecule is CC(C)c1cccc(NC(=O)c2ccc(N3CCCC3)c(C(F)(F)F)c2)c1.CCOc1cccc(NC(=O)c2ccc(N3CCCC3)c(C(F)(F)F)c2)c1.CCc1cccc(NC(=O)c2ccc(N3CCCC3)c(C(F)(F)F)c2)c1. The van der Waals surface area contributed by atoms with Gasteiger partial charge in [0.05, 0.1) is 23.3 Å². The zero-order valence-corrected chi connectivity index (χ0v) is 45.0. The summed E-state index contributed by atoms with van der Waals surface area (Å²) in [4.78, 5) is 42.6. The first-order valence-electron chi connectivity index (χ1n) is 26.8. The number of alkyl halides is 9. The average Bonchev–Trinajstić information content (AvgIpc) is 4.28. The van der Waals surface area contributed by atoms with Crippen molar-refractivity contribution in [1.29, 1.82) is 0 Å². The third-order valence-corrected chi connectivity index (χ3v) is 13.8. The maximum absolute atomic E-state index is 13.6. The fraction of sp³-hybridized carbons (Fsp3) is 0.361. The molecule has 6 aromatic carbocycles. The van der Waals surface area contributed by atoms with Gasteiger partial charge in [0.25, 0.3) is 17.7 Å². The summed E-state index contributed by atoms with van der Waals surface area (Å²) < 4.78 is 127. The number of hydrogen-bond acceptors (Lipinski definition) is 7. The van der Waals surface area contributed by atoms with Gasteiger partial charge in [-0.1, -0.05) is 51.1 Å². The summed E-state index contributed by atoms with van der Waals surface area (Å²) in [7, 11) is 0. The Morgan fingerprint density at radius 2 is 0.812 bits per heavy atom. The summed E-state index contributed by atoms with van der Waals surface area (Å²) >= 11 is 0. The predicted molar refractivity (Wildman–Crippen MR) is 296 cm³/mol. The van der Waals surface area contributed by atoms with Gasteiger partial charge in [-0.2, -0.15) is 39.5 Å². The van der Waals surface area contributed by atoms with Gasteiger partial charge in [0.1, 0.15) is 5.75 Å². The van der Waals surface area contributed by atoms with Gasteiger partial charge in [0, 0.05) is 96.1 Å². The number of ether oxygens (including phenoxy) is 1. The number of anilines is 6. The molecule has 3 fully saturated rings. The van der Waals surface area contributed by atoms with Crippen LogP contribution < -0.4 is 35.4 Å². The van der Waals surface area contributed by atoms with Gasteiger partial charge in [-0.3, -0.25) is 14.4 Å². The quantitative estimate of drug-likeness (QED) is 0.0989. The first kappa shape index (κ1) is 60.0. The molecule has 3 aliphatic heterocycles. The minimum atomic E-state index is -4.52. The summed E-state index contributed by atoms with van der Waals surface area (Å²) in [6.45, 7) is 12.0. The van der Waals surface area contributed by atoms with Crippen molar-refractivity contribution in [3.63, 3.8) is 0 Å². The highest BCUT2D eigenvalue weighted by Gasteiger charge is 2.39. The topological polar surface area (TPSA) is 106 Å². The van der Waals surface area contributed by atoms with E-state index in [4.69, 9.17) is 4.74 Å². The van der Waals surface area contributed by atoms with Gasteiger partial charge in [0.2, 0.25) is 0 Å². The number of hydrogen-bond donors (Lipinski definition) is 3. The van der Waals surface area contributed by atoms with Gasteiger partial charge in [-0.15, -0.1) is 0 Å². The van der Waals surface area contributed by atoms with Crippen molar-refractivity contribution in [2.24, 2.45) is 0 Å². The lowest BCUT2D eigenvalue weighted by Gasteiger charge is -2.23. The molecule has 0 aromatic heterocycles. The van der Waals surface area contributed by atoms with Crippen LogP contribution >= 0.6 is 0 Å². The molecule has 3 aliphatic rings. The monoisotopic (exact) mass is 1120 g/mol. The third kappa shape index (κ3) is 16.0. The number of aryl methyl sites for hydroxylation is 1. The van der Waals surface area contributed by atoms with Crippen LogP contribution in [-0.4, -0.2) is 63.6 Å². The molecule has 19 heteroatoms. The van der Waals surface area contributed by atoms with Gasteiger partial charge in [0.15, 0.2) is 0 Å². The Morgan fingerprint density at radius 3 is 1.16 bits per heavy atom. The summed E-state index contributed by atoms with van der Waals surface area (Å²) in [5.41, 5.74) is 1.82. The molecule has 3 amide bonds. The van der Waals surface area contributed by atoms with E-state index in [2.05, 4.69) is 16.0 Å². The molecule has 10 nitrogen and oxygen atoms in total. The van der Waals surface area contributed by atoms with Crippen LogP contribution in [0.15, 0.2) is 127 Å². The highest BCUT2D eigenvalue weighted by atomic mass is 19.4. The zero-order chi connectivity index (χ0) is 57.8. The normalized spacial score (nSPS) is 14.5. The van der Waals surface area contributed by atoms with E-state index < -0.39 is 52.9 Å². The molecule has 3 heterocycles. The lowest BCUT2D eigenvalue weighted by Crippen LogP contribution is -2.23. The van der Waals surface area contributed by atoms with Crippen molar-refractivity contribution in [1.82, 2.24) is 0 Å². The van der Waals surface area contributed by atoms with Crippen LogP contribution in [0.5, 0.6) is 5.75 Å². The Hall–Kier alpha value is -7.70. The van der Waals surface area contributed by atoms with E-state index in [1.807, 2.05) is 64.1 Å². The summed E-state index contributed by atoms with van der Waals surface area (Å²) in [5, 5.41) is 8.01. The van der Waals surface area contributed by atoms with Gasteiger partial charge < -0.3 is 35.4 Å². The molecule has 426 valence electrons. The number of benzene rings is 6. The molecule has 3 saturated heterocycles. The van der Waals surface area contributed by atoms with E-state index >= 15 is 0 Å². The Labute approximate surface area is 460 Å². The van der Waals surface area contributed by atoms with Crippen molar-refractivity contribution >= 4 is 51.8 Å². The maximum Gasteiger partial charge on any atom is 0.418 e. The van der Waals surface area contributed by atoms with E-state index in [0.717, 1.165) is 74.3 Å². The second kappa shape index (κ2) is 26.5. The molecule has 0 atom stereocenters. The van der Waals surface area contributed by atoms with E-state index in [1.165, 1.54) is 36.4 Å². The van der Waals surface area contributed by atoms with E-state index in [1.54, 1.807) is 51.1 Å². The maximum atomic E-state index is 13.6. The van der Waals surface area contributed by atoms with Crippen LogP contribution in [0.3, 0.4) is 0 Å². The van der Waals surface area contributed by atoms with Crippen molar-refractivity contribution < 1.29 is 58.6 Å². The number of nitrogens with zero attached hydrogens (tertiary/aromatic N) is 3. The molecule has 9 rings (SSSR count). The number of nitrogens with one attached hydrogen (secondary N) is 3. The Kier molecular flexibility index (Phi) is 19.9. The highest BCUT2D eigenvalue weighted by molar-refractivity contribution is 6.06. The summed E-state index contributed by atoms with van der Waals surface area (Å²) in [6, 6.07) is 32.8. The first-order valence-corrected chi connectivity index (χ1v) is 26.8. The van der Waals surface area contributed by atoms with Crippen LogP contribution in [0.2, 0.25) is 0 Å². The van der Waals surface area contributed by atoms with Crippen molar-refractivity contribution in [2.75, 3.05) is 76.5 Å². The van der Waals surface area contributed by atoms with Crippen molar-refractivity contribution in [2.45, 2.75) is 97.1 Å². The predicted octanol–water partition coefficient (Wildman–Crippen LogP) is 15.8. The Bertz CT molecular complexity index is 3090. The lowest BCUT2D eigenvalue weighted by molar-refractivity contribution is -0.138. The highest BCUT2D eigenvalue weighted by Crippen LogP contribution is 2.41. The number of amides is 3. The summed E-state index contributed by atoms with van der Waals surface area (Å²) in [6.07, 6.45) is -7.46. The van der Waals surface area contributed by atoms with Gasteiger partial charge >= 0.3 is 18.5 Å². The second-order valence-corrected chi connectivity index (χ2v) is 19.9. The molecule has 6 aromatic rings. The third-order valence-electron chi connectivity index (χ3n) is 13.8. The average molecular weight is 1120 g/mol. The number of halogens is 9. The van der Waals surface area contributed by atoms with E-state index in [0.29, 0.717) is 74.6 Å². The van der Waals surface area contributed by atoms with Crippen molar-refractivity contribution in [3.05, 3.63) is 172 Å². The van der Waals surface area contributed by atoms with Crippen LogP contribution in [0.25, 0.3) is 0 Å². The molecule has 0 aliphatic carbocycles. The number of carbonyl (C=O) groups is 3. The van der Waals surface area contributed by atoms with Gasteiger partial charge in [-0.05, 0) is 160 Å². The minimum absolute atomic E-state index is 0.000205. The molecular weight excluding hydrogens is 1050 g/mol. The molecular formula is C61H65F9N6O4. The van der Waals surface area contributed by atoms with Gasteiger partial charge in [-0.25, -0.2) is 0 Å². The van der Waals surface area contributed by atoms with Crippen molar-refractivity contribution in [3.8, 4) is 5.75 Å². The van der Waals surface area contributed by atoms with Crippen LogP contribution in [0, 0.1) is 0 Å². The Morgan fingerprint density at radius 1 is 0.463 bits per heavy atom. The first-order chi connectivity index (χ1) is 38.0. The largest absolute Gasteiger partial charge is 0.494 e. The van der Waals surface area contributed by atoms with E-state index in [-0.39, 0.29) is 33.8 Å². The van der Waals surface area contributed by atoms with Crippen LogP contribution in [0.1, 0.15) is 131 Å². The number of rotatable bonds is 13. The molecule has 3 N–H and O–H groups in total. The van der Waals surface area contributed by atoms with Crippen LogP contribution in [-0.2, 0) is 24.9 Å². The summed E-state index contributed by atoms with van der Waals surface area (Å²) in [5.74, 6) is -0.817. The Balaban J connectivity index is 0.000000173. The fourth-order valence-electron chi connectivity index (χ4n) is 9.70. The standard InChI is InChI=1S/C21H23F3N2O.C20H21F3N2O2.C20H21F3N2O/c1-14(2)15-6-5-7-17(12-15)25-20(27)16-8-9-19(26-10-3-4-11-26)18(13-16)21(22,23)24;1-2-27-16-7-5-6-15(13-16)24-19(26)14-8-9-18(25-10-3-4-11-25)17(12-14)20(21,22)23;1-2-14-6-5-7-16(12-14)24-19(26)15-8-9-18(25-10-3-4-11-25)17(13-15)20(21,22)23/h5-9,12-14H,3-4,10-11H2,1-2H3,(H,25,27);5-9,12-13H,2-4,10-11H2,1H3,(H,24,26);5-9,12-13H,2-4,10-11H2,1H3,(H,24,26). The van der Waals surface area contributed by atoms with E-state index in [9.17, 15) is 53.9 Å². The second-order valence-electron chi connectivity index (χ2n) is 19.9. The molecule has 0 spiro atoms. The molecule has 0 bridgehead atoms. The molecule has 0 radical (unpaired) electrons. The molecule has 0 unspecified atom stereocenters. The zero-order valence-electron chi connectivity index (χ0n) is 45.0. The molecule has 80 heavy (non-hydrogen) atoms. The fourth-order valence-corrected chi connectivity index (χ4v) is 9.70. The number of carbonyl (C=O) groups excluding carboxylic acids is 3.